The fourth-order valence-corrected chi connectivity index (χ4v) is 1.77. The lowest BCUT2D eigenvalue weighted by atomic mass is 10.1. The number of halogens is 2. The molecule has 0 aromatic heterocycles. The van der Waals surface area contributed by atoms with Gasteiger partial charge in [0.15, 0.2) is 0 Å². The number of nitrogens with one attached hydrogen (secondary N) is 1. The molecule has 0 radical (unpaired) electrons. The van der Waals surface area contributed by atoms with Gasteiger partial charge >= 0.3 is 6.61 Å². The van der Waals surface area contributed by atoms with Crippen LogP contribution >= 0.6 is 0 Å². The molecule has 0 bridgehead atoms. The fourth-order valence-electron chi connectivity index (χ4n) is 1.77. The fraction of sp³-hybridized carbons (Fsp3) is 0.133. The summed E-state index contributed by atoms with van der Waals surface area (Å²) >= 11 is 0. The minimum Gasteiger partial charge on any atom is -0.435 e. The number of benzene rings is 2. The van der Waals surface area contributed by atoms with Crippen LogP contribution in [0.4, 0.5) is 14.5 Å². The first-order valence-corrected chi connectivity index (χ1v) is 6.22. The summed E-state index contributed by atoms with van der Waals surface area (Å²) in [5, 5.41) is 3.08. The highest BCUT2D eigenvalue weighted by molar-refractivity contribution is 5.92. The molecule has 2 aromatic carbocycles. The van der Waals surface area contributed by atoms with Crippen molar-refractivity contribution in [2.75, 3.05) is 5.32 Å². The van der Waals surface area contributed by atoms with E-state index in [4.69, 9.17) is 5.73 Å². The van der Waals surface area contributed by atoms with Gasteiger partial charge < -0.3 is 15.8 Å². The summed E-state index contributed by atoms with van der Waals surface area (Å²) < 4.78 is 28.6. The van der Waals surface area contributed by atoms with E-state index >= 15 is 0 Å². The number of carbonyl (C=O) groups is 1. The van der Waals surface area contributed by atoms with Gasteiger partial charge in [0, 0.05) is 23.9 Å². The lowest BCUT2D eigenvalue weighted by molar-refractivity contribution is -0.0498. The number of anilines is 1. The van der Waals surface area contributed by atoms with E-state index in [2.05, 4.69) is 10.1 Å². The Labute approximate surface area is 120 Å². The standard InChI is InChI=1S/C15H14F2N2O2/c16-15(17)21-13-3-1-2-12(8-13)19-9-10-4-6-11(7-5-10)14(18)20/h1-8,15,19H,9H2,(H2,18,20). The quantitative estimate of drug-likeness (QED) is 0.860. The van der Waals surface area contributed by atoms with Crippen LogP contribution in [0, 0.1) is 0 Å². The van der Waals surface area contributed by atoms with Crippen LogP contribution in [0.5, 0.6) is 5.75 Å². The van der Waals surface area contributed by atoms with E-state index in [-0.39, 0.29) is 5.75 Å². The third-order valence-corrected chi connectivity index (χ3v) is 2.79. The van der Waals surface area contributed by atoms with Crippen molar-refractivity contribution in [3.8, 4) is 5.75 Å². The van der Waals surface area contributed by atoms with Crippen molar-refractivity contribution >= 4 is 11.6 Å². The van der Waals surface area contributed by atoms with Crippen molar-refractivity contribution in [3.63, 3.8) is 0 Å². The molecule has 0 saturated carbocycles. The molecule has 0 unspecified atom stereocenters. The van der Waals surface area contributed by atoms with E-state index in [1.165, 1.54) is 12.1 Å². The summed E-state index contributed by atoms with van der Waals surface area (Å²) in [5.41, 5.74) is 7.18. The van der Waals surface area contributed by atoms with E-state index in [1.807, 2.05) is 0 Å². The molecule has 0 saturated heterocycles. The lowest BCUT2D eigenvalue weighted by Gasteiger charge is -2.09. The molecular weight excluding hydrogens is 278 g/mol. The average molecular weight is 292 g/mol. The summed E-state index contributed by atoms with van der Waals surface area (Å²) in [5.74, 6) is -0.384. The van der Waals surface area contributed by atoms with Crippen LogP contribution in [0.15, 0.2) is 48.5 Å². The maximum atomic E-state index is 12.1. The summed E-state index contributed by atoms with van der Waals surface area (Å²) in [6.07, 6.45) is 0. The van der Waals surface area contributed by atoms with Crippen LogP contribution in [-0.4, -0.2) is 12.5 Å². The molecule has 2 rings (SSSR count). The average Bonchev–Trinajstić information content (AvgIpc) is 2.45. The Morgan fingerprint density at radius 1 is 1.19 bits per heavy atom. The Kier molecular flexibility index (Phi) is 4.71. The van der Waals surface area contributed by atoms with Gasteiger partial charge in [-0.05, 0) is 29.8 Å². The number of amides is 1. The molecule has 3 N–H and O–H groups in total. The first-order valence-electron chi connectivity index (χ1n) is 6.22. The summed E-state index contributed by atoms with van der Waals surface area (Å²) in [6.45, 7) is -2.36. The van der Waals surface area contributed by atoms with Gasteiger partial charge in [0.05, 0.1) is 0 Å². The van der Waals surface area contributed by atoms with Gasteiger partial charge in [-0.15, -0.1) is 0 Å². The van der Waals surface area contributed by atoms with Crippen molar-refractivity contribution in [1.82, 2.24) is 0 Å². The smallest absolute Gasteiger partial charge is 0.387 e. The lowest BCUT2D eigenvalue weighted by Crippen LogP contribution is -2.10. The minimum atomic E-state index is -2.85. The summed E-state index contributed by atoms with van der Waals surface area (Å²) in [4.78, 5) is 10.9. The predicted octanol–water partition coefficient (Wildman–Crippen LogP) is 3.00. The molecule has 0 spiro atoms. The molecule has 0 heterocycles. The van der Waals surface area contributed by atoms with Gasteiger partial charge in [0.2, 0.25) is 5.91 Å². The molecule has 110 valence electrons. The zero-order chi connectivity index (χ0) is 15.2. The first kappa shape index (κ1) is 14.8. The highest BCUT2D eigenvalue weighted by atomic mass is 19.3. The number of alkyl halides is 2. The van der Waals surface area contributed by atoms with Gasteiger partial charge in [-0.2, -0.15) is 8.78 Å². The Bertz CT molecular complexity index is 615. The number of ether oxygens (including phenoxy) is 1. The summed E-state index contributed by atoms with van der Waals surface area (Å²) in [7, 11) is 0. The van der Waals surface area contributed by atoms with E-state index in [0.29, 0.717) is 17.8 Å². The van der Waals surface area contributed by atoms with Gasteiger partial charge in [-0.25, -0.2) is 0 Å². The van der Waals surface area contributed by atoms with Crippen LogP contribution in [0.3, 0.4) is 0 Å². The van der Waals surface area contributed by atoms with E-state index in [1.54, 1.807) is 36.4 Å². The van der Waals surface area contributed by atoms with Crippen molar-refractivity contribution in [2.45, 2.75) is 13.2 Å². The molecule has 2 aromatic rings. The number of rotatable bonds is 6. The second kappa shape index (κ2) is 6.69. The molecule has 0 fully saturated rings. The van der Waals surface area contributed by atoms with Gasteiger partial charge in [0.25, 0.3) is 0 Å². The molecule has 21 heavy (non-hydrogen) atoms. The Morgan fingerprint density at radius 2 is 1.90 bits per heavy atom. The highest BCUT2D eigenvalue weighted by Gasteiger charge is 2.04. The number of hydrogen-bond donors (Lipinski definition) is 2. The largest absolute Gasteiger partial charge is 0.435 e. The maximum Gasteiger partial charge on any atom is 0.387 e. The van der Waals surface area contributed by atoms with Crippen molar-refractivity contribution < 1.29 is 18.3 Å². The van der Waals surface area contributed by atoms with Crippen molar-refractivity contribution in [1.29, 1.82) is 0 Å². The molecule has 4 nitrogen and oxygen atoms in total. The van der Waals surface area contributed by atoms with Gasteiger partial charge in [0.1, 0.15) is 5.75 Å². The maximum absolute atomic E-state index is 12.1. The molecule has 6 heteroatoms. The van der Waals surface area contributed by atoms with E-state index < -0.39 is 12.5 Å². The zero-order valence-electron chi connectivity index (χ0n) is 11.1. The predicted molar refractivity (Wildman–Crippen MR) is 75.4 cm³/mol. The minimum absolute atomic E-state index is 0.0964. The third-order valence-electron chi connectivity index (χ3n) is 2.79. The van der Waals surface area contributed by atoms with Crippen LogP contribution in [0.1, 0.15) is 15.9 Å². The van der Waals surface area contributed by atoms with Crippen LogP contribution in [-0.2, 0) is 6.54 Å². The molecular formula is C15H14F2N2O2. The number of carbonyl (C=O) groups excluding carboxylic acids is 1. The monoisotopic (exact) mass is 292 g/mol. The third kappa shape index (κ3) is 4.45. The van der Waals surface area contributed by atoms with Gasteiger partial charge in [-0.1, -0.05) is 18.2 Å². The van der Waals surface area contributed by atoms with E-state index in [0.717, 1.165) is 5.56 Å². The van der Waals surface area contributed by atoms with Crippen LogP contribution in [0.25, 0.3) is 0 Å². The second-order valence-corrected chi connectivity index (χ2v) is 4.32. The zero-order valence-corrected chi connectivity index (χ0v) is 11.1. The van der Waals surface area contributed by atoms with Gasteiger partial charge in [-0.3, -0.25) is 4.79 Å². The van der Waals surface area contributed by atoms with Crippen molar-refractivity contribution in [3.05, 3.63) is 59.7 Å². The highest BCUT2D eigenvalue weighted by Crippen LogP contribution is 2.19. The van der Waals surface area contributed by atoms with Crippen LogP contribution < -0.4 is 15.8 Å². The molecule has 0 aliphatic heterocycles. The molecule has 0 aliphatic rings. The topological polar surface area (TPSA) is 64.4 Å². The Balaban J connectivity index is 1.97. The van der Waals surface area contributed by atoms with E-state index in [9.17, 15) is 13.6 Å². The number of nitrogens with two attached hydrogens (primary N) is 1. The van der Waals surface area contributed by atoms with Crippen molar-refractivity contribution in [2.24, 2.45) is 5.73 Å². The summed E-state index contributed by atoms with van der Waals surface area (Å²) in [6, 6.07) is 13.1. The SMILES string of the molecule is NC(=O)c1ccc(CNc2cccc(OC(F)F)c2)cc1. The Morgan fingerprint density at radius 3 is 2.52 bits per heavy atom. The number of primary amides is 1. The second-order valence-electron chi connectivity index (χ2n) is 4.32. The molecule has 0 atom stereocenters. The Hall–Kier alpha value is -2.63. The molecule has 0 aliphatic carbocycles. The van der Waals surface area contributed by atoms with Crippen LogP contribution in [0.2, 0.25) is 0 Å². The molecule has 1 amide bonds. The normalized spacial score (nSPS) is 10.4. The number of hydrogen-bond acceptors (Lipinski definition) is 3. The first-order chi connectivity index (χ1) is 10.0.